The number of hydrogen-bond donors (Lipinski definition) is 2. The van der Waals surface area contributed by atoms with Crippen molar-refractivity contribution in [1.82, 2.24) is 10.2 Å². The van der Waals surface area contributed by atoms with E-state index >= 15 is 0 Å². The van der Waals surface area contributed by atoms with Crippen molar-refractivity contribution < 1.29 is 19.1 Å². The molecule has 0 heterocycles. The number of carbonyl (C=O) groups excluding carboxylic acids is 3. The fourth-order valence-electron chi connectivity index (χ4n) is 4.06. The van der Waals surface area contributed by atoms with Crippen LogP contribution in [0.3, 0.4) is 0 Å². The van der Waals surface area contributed by atoms with Gasteiger partial charge in [0.05, 0.1) is 0 Å². The van der Waals surface area contributed by atoms with Gasteiger partial charge in [-0.2, -0.15) is 0 Å². The molecule has 0 aliphatic heterocycles. The smallest absolute Gasteiger partial charge is 0.408 e. The zero-order valence-electron chi connectivity index (χ0n) is 23.1. The Morgan fingerprint density at radius 2 is 1.65 bits per heavy atom. The van der Waals surface area contributed by atoms with Crippen LogP contribution in [0.4, 0.5) is 10.5 Å². The second-order valence-corrected chi connectivity index (χ2v) is 10.3. The van der Waals surface area contributed by atoms with Crippen molar-refractivity contribution in [2.24, 2.45) is 5.92 Å². The van der Waals surface area contributed by atoms with Gasteiger partial charge in [0.15, 0.2) is 0 Å². The van der Waals surface area contributed by atoms with Gasteiger partial charge in [0.25, 0.3) is 5.91 Å². The minimum absolute atomic E-state index is 0.215. The summed E-state index contributed by atoms with van der Waals surface area (Å²) in [6, 6.07) is 10.8. The van der Waals surface area contributed by atoms with Gasteiger partial charge in [-0.15, -0.1) is 6.42 Å². The van der Waals surface area contributed by atoms with E-state index in [1.807, 2.05) is 45.9 Å². The van der Waals surface area contributed by atoms with Gasteiger partial charge in [0.1, 0.15) is 17.7 Å². The fraction of sp³-hybridized carbons (Fsp3) is 0.433. The molecule has 0 saturated heterocycles. The van der Waals surface area contributed by atoms with Crippen LogP contribution in [0, 0.1) is 32.1 Å². The Balaban J connectivity index is 2.51. The lowest BCUT2D eigenvalue weighted by atomic mass is 9.94. The summed E-state index contributed by atoms with van der Waals surface area (Å²) < 4.78 is 5.40. The number of hydrogen-bond acceptors (Lipinski definition) is 4. The number of nitrogens with one attached hydrogen (secondary N) is 2. The molecule has 0 bridgehead atoms. The second-order valence-electron chi connectivity index (χ2n) is 10.3. The van der Waals surface area contributed by atoms with Gasteiger partial charge in [-0.3, -0.25) is 9.59 Å². The van der Waals surface area contributed by atoms with Gasteiger partial charge in [-0.1, -0.05) is 62.6 Å². The number of ether oxygens (including phenoxy) is 1. The lowest BCUT2D eigenvalue weighted by molar-refractivity contribution is -0.140. The number of aryl methyl sites for hydroxylation is 2. The van der Waals surface area contributed by atoms with Crippen molar-refractivity contribution >= 4 is 23.6 Å². The lowest BCUT2D eigenvalue weighted by Crippen LogP contribution is -2.53. The summed E-state index contributed by atoms with van der Waals surface area (Å²) in [6.45, 7) is 12.9. The first-order chi connectivity index (χ1) is 17.3. The Bertz CT molecular complexity index is 1160. The molecule has 3 amide bonds. The highest BCUT2D eigenvalue weighted by Crippen LogP contribution is 2.28. The molecule has 0 saturated carbocycles. The number of alkyl carbamates (subject to hydrolysis) is 1. The summed E-state index contributed by atoms with van der Waals surface area (Å²) in [4.78, 5) is 41.6. The van der Waals surface area contributed by atoms with Gasteiger partial charge in [0.2, 0.25) is 5.91 Å². The van der Waals surface area contributed by atoms with Crippen LogP contribution < -0.4 is 10.6 Å². The topological polar surface area (TPSA) is 87.7 Å². The first-order valence-corrected chi connectivity index (χ1v) is 12.5. The second kappa shape index (κ2) is 12.4. The maximum atomic E-state index is 13.9. The van der Waals surface area contributed by atoms with E-state index < -0.39 is 35.6 Å². The summed E-state index contributed by atoms with van der Waals surface area (Å²) in [6.07, 6.45) is 5.69. The van der Waals surface area contributed by atoms with E-state index in [2.05, 4.69) is 16.6 Å². The first kappa shape index (κ1) is 29.4. The van der Waals surface area contributed by atoms with E-state index in [0.717, 1.165) is 11.1 Å². The standard InChI is InChI=1S/C30H39N3O4/c1-10-19(3)25(32-29(36)37-30(6,7)8)28(35)33(9)26(23-18-13-12-17-22(23)11-2)27(34)31-24-20(4)15-14-16-21(24)5/h2,12-19,25-26H,10H2,1,3-9H3,(H,31,34)(H,32,36). The van der Waals surface area contributed by atoms with E-state index in [9.17, 15) is 14.4 Å². The zero-order valence-corrected chi connectivity index (χ0v) is 23.1. The van der Waals surface area contributed by atoms with Crippen molar-refractivity contribution in [3.05, 3.63) is 64.7 Å². The third kappa shape index (κ3) is 7.60. The molecule has 3 unspecified atom stereocenters. The SMILES string of the molecule is C#Cc1ccccc1C(C(=O)Nc1c(C)cccc1C)N(C)C(=O)C(NC(=O)OC(C)(C)C)C(C)CC. The predicted octanol–water partition coefficient (Wildman–Crippen LogP) is 5.36. The Morgan fingerprint density at radius 3 is 2.19 bits per heavy atom. The van der Waals surface area contributed by atoms with Crippen molar-refractivity contribution in [1.29, 1.82) is 0 Å². The van der Waals surface area contributed by atoms with Crippen molar-refractivity contribution in [2.45, 2.75) is 72.6 Å². The number of nitrogens with zero attached hydrogens (tertiary/aromatic N) is 1. The number of amides is 3. The molecule has 0 spiro atoms. The van der Waals surface area contributed by atoms with E-state index in [1.54, 1.807) is 52.1 Å². The molecule has 0 aromatic heterocycles. The summed E-state index contributed by atoms with van der Waals surface area (Å²) in [7, 11) is 1.55. The van der Waals surface area contributed by atoms with Gasteiger partial charge in [0, 0.05) is 18.3 Å². The number of rotatable bonds is 8. The molecule has 3 atom stereocenters. The third-order valence-corrected chi connectivity index (χ3v) is 6.27. The Kier molecular flexibility index (Phi) is 9.90. The number of likely N-dealkylation sites (N-methyl/N-ethyl adjacent to an activating group) is 1. The number of benzene rings is 2. The molecule has 2 aromatic carbocycles. The monoisotopic (exact) mass is 505 g/mol. The first-order valence-electron chi connectivity index (χ1n) is 12.5. The van der Waals surface area contributed by atoms with Crippen LogP contribution in [0.2, 0.25) is 0 Å². The van der Waals surface area contributed by atoms with E-state index in [-0.39, 0.29) is 5.92 Å². The van der Waals surface area contributed by atoms with Crippen LogP contribution in [-0.2, 0) is 14.3 Å². The molecule has 37 heavy (non-hydrogen) atoms. The number of carbonyl (C=O) groups is 3. The molecule has 2 aromatic rings. The van der Waals surface area contributed by atoms with Crippen molar-refractivity contribution in [2.75, 3.05) is 12.4 Å². The zero-order chi connectivity index (χ0) is 27.9. The molecule has 2 rings (SSSR count). The molecule has 7 heteroatoms. The number of anilines is 1. The average Bonchev–Trinajstić information content (AvgIpc) is 2.83. The van der Waals surface area contributed by atoms with Crippen LogP contribution in [0.5, 0.6) is 0 Å². The maximum Gasteiger partial charge on any atom is 0.408 e. The molecular formula is C30H39N3O4. The number of terminal acetylenes is 1. The van der Waals surface area contributed by atoms with Crippen molar-refractivity contribution in [3.8, 4) is 12.3 Å². The van der Waals surface area contributed by atoms with E-state index in [1.165, 1.54) is 4.90 Å². The fourth-order valence-corrected chi connectivity index (χ4v) is 4.06. The minimum Gasteiger partial charge on any atom is -0.444 e. The average molecular weight is 506 g/mol. The minimum atomic E-state index is -1.04. The predicted molar refractivity (Wildman–Crippen MR) is 147 cm³/mol. The molecule has 0 aliphatic carbocycles. The molecule has 0 fully saturated rings. The quantitative estimate of drug-likeness (QED) is 0.473. The van der Waals surface area contributed by atoms with Crippen LogP contribution in [0.25, 0.3) is 0 Å². The summed E-state index contributed by atoms with van der Waals surface area (Å²) in [5.74, 6) is 1.58. The summed E-state index contributed by atoms with van der Waals surface area (Å²) in [5.41, 5.74) is 2.78. The van der Waals surface area contributed by atoms with Gasteiger partial charge < -0.3 is 20.3 Å². The maximum absolute atomic E-state index is 13.9. The van der Waals surface area contributed by atoms with E-state index in [4.69, 9.17) is 11.2 Å². The van der Waals surface area contributed by atoms with Gasteiger partial charge in [-0.05, 0) is 63.3 Å². The number of para-hydroxylation sites is 1. The van der Waals surface area contributed by atoms with Crippen LogP contribution in [0.15, 0.2) is 42.5 Å². The summed E-state index contributed by atoms with van der Waals surface area (Å²) >= 11 is 0. The van der Waals surface area contributed by atoms with Crippen LogP contribution in [0.1, 0.15) is 69.3 Å². The molecule has 198 valence electrons. The Morgan fingerprint density at radius 1 is 1.05 bits per heavy atom. The van der Waals surface area contributed by atoms with Crippen LogP contribution >= 0.6 is 0 Å². The third-order valence-electron chi connectivity index (χ3n) is 6.27. The molecule has 7 nitrogen and oxygen atoms in total. The largest absolute Gasteiger partial charge is 0.444 e. The highest BCUT2D eigenvalue weighted by molar-refractivity contribution is 6.00. The highest BCUT2D eigenvalue weighted by Gasteiger charge is 2.37. The summed E-state index contributed by atoms with van der Waals surface area (Å²) in [5, 5.41) is 5.73. The molecule has 2 N–H and O–H groups in total. The Labute approximate surface area is 221 Å². The molecule has 0 aliphatic rings. The van der Waals surface area contributed by atoms with Crippen molar-refractivity contribution in [3.63, 3.8) is 0 Å². The Hall–Kier alpha value is -3.79. The normalized spacial score (nSPS) is 13.5. The molecular weight excluding hydrogens is 466 g/mol. The van der Waals surface area contributed by atoms with Crippen LogP contribution in [-0.4, -0.2) is 41.5 Å². The van der Waals surface area contributed by atoms with Gasteiger partial charge in [-0.25, -0.2) is 4.79 Å². The molecule has 0 radical (unpaired) electrons. The lowest BCUT2D eigenvalue weighted by Gasteiger charge is -2.34. The van der Waals surface area contributed by atoms with Gasteiger partial charge >= 0.3 is 6.09 Å². The highest BCUT2D eigenvalue weighted by atomic mass is 16.6. The van der Waals surface area contributed by atoms with E-state index in [0.29, 0.717) is 23.2 Å².